The second-order valence-electron chi connectivity index (χ2n) is 6.50. The van der Waals surface area contributed by atoms with Crippen LogP contribution in [0.1, 0.15) is 43.2 Å². The van der Waals surface area contributed by atoms with Gasteiger partial charge in [-0.25, -0.2) is 0 Å². The molecule has 1 atom stereocenters. The fourth-order valence-corrected chi connectivity index (χ4v) is 3.21. The highest BCUT2D eigenvalue weighted by Gasteiger charge is 2.33. The van der Waals surface area contributed by atoms with Crippen LogP contribution in [0.4, 0.5) is 0 Å². The lowest BCUT2D eigenvalue weighted by atomic mass is 9.87. The van der Waals surface area contributed by atoms with E-state index in [1.165, 1.54) is 11.1 Å². The molecule has 0 saturated heterocycles. The Labute approximate surface area is 134 Å². The van der Waals surface area contributed by atoms with E-state index < -0.39 is 11.5 Å². The molecular formula is C17H27BN2O2. The Balaban J connectivity index is 1.78. The standard InChI is InChI=1S/C17H27BN2O2/c18-10-4-3-8-17(19,16(21)22)9-5-11-20-12-14-6-1-2-7-15(14)13-20/h1-2,6-7H,3-5,8-13,18-19H2,(H,21,22). The molecule has 0 radical (unpaired) electrons. The summed E-state index contributed by atoms with van der Waals surface area (Å²) >= 11 is 0. The molecule has 1 unspecified atom stereocenters. The molecule has 0 spiro atoms. The van der Waals surface area contributed by atoms with E-state index in [-0.39, 0.29) is 0 Å². The number of carboxylic acid groups (broad SMARTS) is 1. The zero-order valence-corrected chi connectivity index (χ0v) is 13.6. The molecule has 0 amide bonds. The van der Waals surface area contributed by atoms with Crippen molar-refractivity contribution in [1.29, 1.82) is 0 Å². The van der Waals surface area contributed by atoms with E-state index in [4.69, 9.17) is 5.73 Å². The quantitative estimate of drug-likeness (QED) is 0.539. The van der Waals surface area contributed by atoms with Gasteiger partial charge < -0.3 is 10.8 Å². The van der Waals surface area contributed by atoms with E-state index in [0.29, 0.717) is 12.8 Å². The Morgan fingerprint density at radius 3 is 2.32 bits per heavy atom. The maximum Gasteiger partial charge on any atom is 0.323 e. The van der Waals surface area contributed by atoms with Crippen molar-refractivity contribution in [1.82, 2.24) is 4.90 Å². The lowest BCUT2D eigenvalue weighted by Gasteiger charge is -2.26. The first kappa shape index (κ1) is 17.0. The van der Waals surface area contributed by atoms with Gasteiger partial charge in [-0.1, -0.05) is 43.4 Å². The second-order valence-corrected chi connectivity index (χ2v) is 6.50. The Morgan fingerprint density at radius 2 is 1.77 bits per heavy atom. The van der Waals surface area contributed by atoms with E-state index in [1.807, 2.05) is 0 Å². The van der Waals surface area contributed by atoms with Crippen molar-refractivity contribution in [3.63, 3.8) is 0 Å². The molecule has 0 fully saturated rings. The normalized spacial score (nSPS) is 17.1. The number of rotatable bonds is 9. The topological polar surface area (TPSA) is 66.6 Å². The Hall–Kier alpha value is -1.33. The highest BCUT2D eigenvalue weighted by atomic mass is 16.4. The molecular weight excluding hydrogens is 275 g/mol. The molecule has 1 aromatic rings. The van der Waals surface area contributed by atoms with E-state index in [1.54, 1.807) is 0 Å². The van der Waals surface area contributed by atoms with Gasteiger partial charge in [0.2, 0.25) is 0 Å². The Bertz CT molecular complexity index is 484. The van der Waals surface area contributed by atoms with Crippen LogP contribution in [-0.2, 0) is 17.9 Å². The van der Waals surface area contributed by atoms with E-state index in [0.717, 1.165) is 45.2 Å². The predicted octanol–water partition coefficient (Wildman–Crippen LogP) is 1.79. The largest absolute Gasteiger partial charge is 0.480 e. The van der Waals surface area contributed by atoms with E-state index in [2.05, 4.69) is 37.0 Å². The van der Waals surface area contributed by atoms with Gasteiger partial charge in [0.05, 0.1) is 0 Å². The van der Waals surface area contributed by atoms with E-state index >= 15 is 0 Å². The number of unbranched alkanes of at least 4 members (excludes halogenated alkanes) is 1. The number of nitrogens with zero attached hydrogens (tertiary/aromatic N) is 1. The minimum absolute atomic E-state index is 0.554. The van der Waals surface area contributed by atoms with Crippen molar-refractivity contribution in [2.24, 2.45) is 5.73 Å². The maximum atomic E-state index is 11.5. The van der Waals surface area contributed by atoms with Gasteiger partial charge in [-0.15, -0.1) is 0 Å². The zero-order chi connectivity index (χ0) is 16.0. The van der Waals surface area contributed by atoms with Crippen LogP contribution in [0.5, 0.6) is 0 Å². The number of hydrogen-bond donors (Lipinski definition) is 2. The molecule has 0 aliphatic carbocycles. The summed E-state index contributed by atoms with van der Waals surface area (Å²) < 4.78 is 0. The number of benzene rings is 1. The third kappa shape index (κ3) is 4.34. The van der Waals surface area contributed by atoms with Gasteiger partial charge in [0.25, 0.3) is 0 Å². The van der Waals surface area contributed by atoms with Crippen molar-refractivity contribution < 1.29 is 9.90 Å². The molecule has 1 aliphatic heterocycles. The van der Waals surface area contributed by atoms with Crippen LogP contribution in [0.2, 0.25) is 6.32 Å². The van der Waals surface area contributed by atoms with Crippen molar-refractivity contribution in [3.05, 3.63) is 35.4 Å². The van der Waals surface area contributed by atoms with Gasteiger partial charge in [-0.3, -0.25) is 9.69 Å². The van der Waals surface area contributed by atoms with Crippen LogP contribution >= 0.6 is 0 Å². The minimum Gasteiger partial charge on any atom is -0.480 e. The van der Waals surface area contributed by atoms with E-state index in [9.17, 15) is 9.90 Å². The molecule has 0 saturated carbocycles. The van der Waals surface area contributed by atoms with Gasteiger partial charge in [0.1, 0.15) is 13.4 Å². The maximum absolute atomic E-state index is 11.5. The summed E-state index contributed by atoms with van der Waals surface area (Å²) in [5, 5.41) is 9.43. The monoisotopic (exact) mass is 302 g/mol. The summed E-state index contributed by atoms with van der Waals surface area (Å²) in [5.41, 5.74) is 7.86. The third-order valence-electron chi connectivity index (χ3n) is 4.66. The molecule has 22 heavy (non-hydrogen) atoms. The molecule has 1 aromatic carbocycles. The average Bonchev–Trinajstić information content (AvgIpc) is 2.90. The smallest absolute Gasteiger partial charge is 0.323 e. The first-order chi connectivity index (χ1) is 10.5. The summed E-state index contributed by atoms with van der Waals surface area (Å²) in [5.74, 6) is -0.853. The molecule has 0 aromatic heterocycles. The van der Waals surface area contributed by atoms with Crippen LogP contribution < -0.4 is 5.73 Å². The van der Waals surface area contributed by atoms with Crippen LogP contribution in [0.25, 0.3) is 0 Å². The van der Waals surface area contributed by atoms with Crippen LogP contribution in [0, 0.1) is 0 Å². The molecule has 4 nitrogen and oxygen atoms in total. The Morgan fingerprint density at radius 1 is 1.18 bits per heavy atom. The van der Waals surface area contributed by atoms with Crippen molar-refractivity contribution in [2.75, 3.05) is 6.54 Å². The first-order valence-corrected chi connectivity index (χ1v) is 8.36. The fourth-order valence-electron chi connectivity index (χ4n) is 3.21. The summed E-state index contributed by atoms with van der Waals surface area (Å²) in [6.07, 6.45) is 5.00. The summed E-state index contributed by atoms with van der Waals surface area (Å²) in [6, 6.07) is 8.49. The first-order valence-electron chi connectivity index (χ1n) is 8.36. The third-order valence-corrected chi connectivity index (χ3v) is 4.66. The highest BCUT2D eigenvalue weighted by Crippen LogP contribution is 2.24. The molecule has 120 valence electrons. The number of hydrogen-bond acceptors (Lipinski definition) is 3. The van der Waals surface area contributed by atoms with Crippen LogP contribution in [0.15, 0.2) is 24.3 Å². The van der Waals surface area contributed by atoms with Crippen LogP contribution in [-0.4, -0.2) is 35.9 Å². The van der Waals surface area contributed by atoms with Gasteiger partial charge in [-0.05, 0) is 36.9 Å². The molecule has 0 bridgehead atoms. The number of carbonyl (C=O) groups is 1. The summed E-state index contributed by atoms with van der Waals surface area (Å²) in [6.45, 7) is 2.85. The highest BCUT2D eigenvalue weighted by molar-refractivity contribution is 6.08. The minimum atomic E-state index is -1.05. The number of nitrogens with two attached hydrogens (primary N) is 1. The molecule has 3 N–H and O–H groups in total. The molecule has 2 rings (SSSR count). The average molecular weight is 302 g/mol. The molecule has 1 heterocycles. The van der Waals surface area contributed by atoms with Gasteiger partial charge in [0, 0.05) is 13.1 Å². The summed E-state index contributed by atoms with van der Waals surface area (Å²) in [4.78, 5) is 13.9. The second kappa shape index (κ2) is 7.79. The fraction of sp³-hybridized carbons (Fsp3) is 0.588. The molecule has 1 aliphatic rings. The summed E-state index contributed by atoms with van der Waals surface area (Å²) in [7, 11) is 2.12. The van der Waals surface area contributed by atoms with Crippen LogP contribution in [0.3, 0.4) is 0 Å². The number of fused-ring (bicyclic) bond motifs is 1. The number of aliphatic carboxylic acids is 1. The lowest BCUT2D eigenvalue weighted by molar-refractivity contribution is -0.144. The van der Waals surface area contributed by atoms with Gasteiger partial charge in [0.15, 0.2) is 0 Å². The lowest BCUT2D eigenvalue weighted by Crippen LogP contribution is -2.48. The SMILES string of the molecule is BCCCCC(N)(CCCN1Cc2ccccc2C1)C(=O)O. The molecule has 5 heteroatoms. The van der Waals surface area contributed by atoms with Gasteiger partial charge in [-0.2, -0.15) is 0 Å². The number of carboxylic acids is 1. The van der Waals surface area contributed by atoms with Gasteiger partial charge >= 0.3 is 5.97 Å². The van der Waals surface area contributed by atoms with Crippen molar-refractivity contribution in [3.8, 4) is 0 Å². The van der Waals surface area contributed by atoms with Crippen molar-refractivity contribution in [2.45, 2.75) is 57.1 Å². The predicted molar refractivity (Wildman–Crippen MR) is 91.5 cm³/mol. The van der Waals surface area contributed by atoms with Crippen molar-refractivity contribution >= 4 is 13.8 Å². The Kier molecular flexibility index (Phi) is 6.03. The zero-order valence-electron chi connectivity index (χ0n) is 13.6.